The molecule has 0 aliphatic carbocycles. The van der Waals surface area contributed by atoms with Crippen LogP contribution in [0.1, 0.15) is 31.8 Å². The van der Waals surface area contributed by atoms with Crippen molar-refractivity contribution in [1.82, 2.24) is 10.3 Å². The molecule has 29 heavy (non-hydrogen) atoms. The molecule has 0 saturated carbocycles. The summed E-state index contributed by atoms with van der Waals surface area (Å²) in [6.07, 6.45) is 2.90. The van der Waals surface area contributed by atoms with Crippen LogP contribution in [0.5, 0.6) is 0 Å². The van der Waals surface area contributed by atoms with Crippen molar-refractivity contribution in [3.05, 3.63) is 89.2 Å². The Labute approximate surface area is 170 Å². The van der Waals surface area contributed by atoms with Gasteiger partial charge in [0, 0.05) is 44.4 Å². The Morgan fingerprint density at radius 3 is 2.24 bits per heavy atom. The Hall–Kier alpha value is -3.67. The average Bonchev–Trinajstić information content (AvgIpc) is 2.73. The standard InChI is InChI=1S/C23H24N4O2/c1-16-6-4-5-7-17(16)15-25-22(28)18-12-19(14-24-13-18)23(29)26-20-8-10-21(11-9-20)27(2)3/h4-14H,15H2,1-3H3,(H,25,28)(H,26,29). The third kappa shape index (κ3) is 5.19. The van der Waals surface area contributed by atoms with Gasteiger partial charge in [0.05, 0.1) is 11.1 Å². The largest absolute Gasteiger partial charge is 0.378 e. The Balaban J connectivity index is 1.65. The van der Waals surface area contributed by atoms with E-state index >= 15 is 0 Å². The van der Waals surface area contributed by atoms with Crippen molar-refractivity contribution in [2.75, 3.05) is 24.3 Å². The first-order chi connectivity index (χ1) is 13.9. The number of pyridine rings is 1. The van der Waals surface area contributed by atoms with Crippen LogP contribution >= 0.6 is 0 Å². The average molecular weight is 388 g/mol. The molecule has 2 amide bonds. The van der Waals surface area contributed by atoms with E-state index in [0.29, 0.717) is 23.4 Å². The summed E-state index contributed by atoms with van der Waals surface area (Å²) in [6, 6.07) is 16.9. The van der Waals surface area contributed by atoms with Crippen LogP contribution in [-0.2, 0) is 6.54 Å². The lowest BCUT2D eigenvalue weighted by molar-refractivity contribution is 0.0950. The van der Waals surface area contributed by atoms with Crippen molar-refractivity contribution in [1.29, 1.82) is 0 Å². The van der Waals surface area contributed by atoms with Gasteiger partial charge in [-0.2, -0.15) is 0 Å². The van der Waals surface area contributed by atoms with Gasteiger partial charge >= 0.3 is 0 Å². The fraction of sp³-hybridized carbons (Fsp3) is 0.174. The first kappa shape index (κ1) is 20.1. The smallest absolute Gasteiger partial charge is 0.257 e. The van der Waals surface area contributed by atoms with Gasteiger partial charge in [0.25, 0.3) is 11.8 Å². The summed E-state index contributed by atoms with van der Waals surface area (Å²) >= 11 is 0. The molecule has 3 rings (SSSR count). The highest BCUT2D eigenvalue weighted by atomic mass is 16.2. The number of rotatable bonds is 6. The molecule has 3 aromatic rings. The van der Waals surface area contributed by atoms with E-state index in [0.717, 1.165) is 16.8 Å². The molecule has 0 radical (unpaired) electrons. The molecule has 6 heteroatoms. The number of anilines is 2. The maximum atomic E-state index is 12.5. The second kappa shape index (κ2) is 9.01. The highest BCUT2D eigenvalue weighted by Crippen LogP contribution is 2.16. The molecule has 1 aromatic heterocycles. The minimum Gasteiger partial charge on any atom is -0.378 e. The van der Waals surface area contributed by atoms with E-state index < -0.39 is 0 Å². The summed E-state index contributed by atoms with van der Waals surface area (Å²) in [6.45, 7) is 2.42. The highest BCUT2D eigenvalue weighted by molar-refractivity contribution is 6.05. The van der Waals surface area contributed by atoms with Crippen molar-refractivity contribution in [2.24, 2.45) is 0 Å². The van der Waals surface area contributed by atoms with Crippen LogP contribution < -0.4 is 15.5 Å². The molecule has 1 heterocycles. The molecule has 2 N–H and O–H groups in total. The van der Waals surface area contributed by atoms with Gasteiger partial charge in [0.1, 0.15) is 0 Å². The van der Waals surface area contributed by atoms with E-state index in [1.165, 1.54) is 12.4 Å². The summed E-state index contributed by atoms with van der Waals surface area (Å²) in [5.74, 6) is -0.589. The van der Waals surface area contributed by atoms with E-state index in [2.05, 4.69) is 15.6 Å². The zero-order chi connectivity index (χ0) is 20.8. The van der Waals surface area contributed by atoms with Gasteiger partial charge in [-0.1, -0.05) is 24.3 Å². The third-order valence-corrected chi connectivity index (χ3v) is 4.60. The minimum atomic E-state index is -0.316. The SMILES string of the molecule is Cc1ccccc1CNC(=O)c1cncc(C(=O)Nc2ccc(N(C)C)cc2)c1. The van der Waals surface area contributed by atoms with Gasteiger partial charge in [0.15, 0.2) is 0 Å². The number of hydrogen-bond acceptors (Lipinski definition) is 4. The molecular formula is C23H24N4O2. The monoisotopic (exact) mass is 388 g/mol. The van der Waals surface area contributed by atoms with E-state index in [1.807, 2.05) is 74.4 Å². The number of benzene rings is 2. The molecule has 0 aliphatic rings. The molecule has 0 aliphatic heterocycles. The molecule has 148 valence electrons. The van der Waals surface area contributed by atoms with Crippen LogP contribution in [0.3, 0.4) is 0 Å². The molecule has 6 nitrogen and oxygen atoms in total. The molecule has 0 saturated heterocycles. The van der Waals surface area contributed by atoms with Gasteiger partial charge < -0.3 is 15.5 Å². The van der Waals surface area contributed by atoms with Crippen molar-refractivity contribution >= 4 is 23.2 Å². The van der Waals surface area contributed by atoms with E-state index in [9.17, 15) is 9.59 Å². The summed E-state index contributed by atoms with van der Waals surface area (Å²) in [5, 5.41) is 5.70. The van der Waals surface area contributed by atoms with Gasteiger partial charge in [-0.25, -0.2) is 0 Å². The highest BCUT2D eigenvalue weighted by Gasteiger charge is 2.12. The molecular weight excluding hydrogens is 364 g/mol. The van der Waals surface area contributed by atoms with E-state index in [-0.39, 0.29) is 11.8 Å². The third-order valence-electron chi connectivity index (χ3n) is 4.60. The van der Waals surface area contributed by atoms with Gasteiger partial charge in [-0.3, -0.25) is 14.6 Å². The number of nitrogens with one attached hydrogen (secondary N) is 2. The Bertz CT molecular complexity index is 1010. The minimum absolute atomic E-state index is 0.272. The second-order valence-corrected chi connectivity index (χ2v) is 6.97. The fourth-order valence-corrected chi connectivity index (χ4v) is 2.82. The Morgan fingerprint density at radius 2 is 1.59 bits per heavy atom. The number of aryl methyl sites for hydroxylation is 1. The number of carbonyl (C=O) groups is 2. The molecule has 0 atom stereocenters. The summed E-state index contributed by atoms with van der Waals surface area (Å²) < 4.78 is 0. The molecule has 0 fully saturated rings. The maximum Gasteiger partial charge on any atom is 0.257 e. The fourth-order valence-electron chi connectivity index (χ4n) is 2.82. The second-order valence-electron chi connectivity index (χ2n) is 6.97. The van der Waals surface area contributed by atoms with Crippen LogP contribution in [0.25, 0.3) is 0 Å². The topological polar surface area (TPSA) is 74.3 Å². The first-order valence-corrected chi connectivity index (χ1v) is 9.30. The van der Waals surface area contributed by atoms with Gasteiger partial charge in [-0.15, -0.1) is 0 Å². The van der Waals surface area contributed by atoms with Crippen molar-refractivity contribution < 1.29 is 9.59 Å². The zero-order valence-electron chi connectivity index (χ0n) is 16.8. The summed E-state index contributed by atoms with van der Waals surface area (Å²) in [4.78, 5) is 31.0. The van der Waals surface area contributed by atoms with Crippen molar-refractivity contribution in [2.45, 2.75) is 13.5 Å². The quantitative estimate of drug-likeness (QED) is 0.676. The van der Waals surface area contributed by atoms with Crippen molar-refractivity contribution in [3.8, 4) is 0 Å². The maximum absolute atomic E-state index is 12.5. The predicted octanol–water partition coefficient (Wildman–Crippen LogP) is 3.64. The van der Waals surface area contributed by atoms with Crippen molar-refractivity contribution in [3.63, 3.8) is 0 Å². The number of nitrogens with zero attached hydrogens (tertiary/aromatic N) is 2. The van der Waals surface area contributed by atoms with E-state index in [1.54, 1.807) is 6.07 Å². The predicted molar refractivity (Wildman–Crippen MR) is 115 cm³/mol. The number of amides is 2. The Kier molecular flexibility index (Phi) is 6.24. The van der Waals surface area contributed by atoms with Gasteiger partial charge in [-0.05, 0) is 48.4 Å². The van der Waals surface area contributed by atoms with Gasteiger partial charge in [0.2, 0.25) is 0 Å². The Morgan fingerprint density at radius 1 is 0.931 bits per heavy atom. The normalized spacial score (nSPS) is 10.3. The van der Waals surface area contributed by atoms with Crippen LogP contribution in [0, 0.1) is 6.92 Å². The molecule has 0 spiro atoms. The molecule has 2 aromatic carbocycles. The van der Waals surface area contributed by atoms with Crippen LogP contribution in [0.4, 0.5) is 11.4 Å². The van der Waals surface area contributed by atoms with E-state index in [4.69, 9.17) is 0 Å². The molecule has 0 bridgehead atoms. The number of hydrogen-bond donors (Lipinski definition) is 2. The number of carbonyl (C=O) groups excluding carboxylic acids is 2. The lowest BCUT2D eigenvalue weighted by Gasteiger charge is -2.13. The summed E-state index contributed by atoms with van der Waals surface area (Å²) in [7, 11) is 3.91. The molecule has 0 unspecified atom stereocenters. The van der Waals surface area contributed by atoms with Crippen LogP contribution in [0.2, 0.25) is 0 Å². The first-order valence-electron chi connectivity index (χ1n) is 9.30. The lowest BCUT2D eigenvalue weighted by atomic mass is 10.1. The summed E-state index contributed by atoms with van der Waals surface area (Å²) in [5.41, 5.74) is 4.54. The van der Waals surface area contributed by atoms with Crippen LogP contribution in [0.15, 0.2) is 67.0 Å². The zero-order valence-corrected chi connectivity index (χ0v) is 16.8. The lowest BCUT2D eigenvalue weighted by Crippen LogP contribution is -2.24. The van der Waals surface area contributed by atoms with Crippen LogP contribution in [-0.4, -0.2) is 30.9 Å². The number of aromatic nitrogens is 1.